The number of aromatic amines is 1. The number of rotatable bonds is 6. The summed E-state index contributed by atoms with van der Waals surface area (Å²) in [5, 5.41) is 2.62. The van der Waals surface area contributed by atoms with Gasteiger partial charge in [0.2, 0.25) is 11.8 Å². The van der Waals surface area contributed by atoms with Gasteiger partial charge in [-0.25, -0.2) is 4.98 Å². The van der Waals surface area contributed by atoms with Crippen LogP contribution in [0.25, 0.3) is 0 Å². The Morgan fingerprint density at radius 3 is 2.87 bits per heavy atom. The maximum Gasteiger partial charge on any atom is 0.252 e. The molecule has 1 aliphatic heterocycles. The van der Waals surface area contributed by atoms with Gasteiger partial charge < -0.3 is 20.1 Å². The number of hydrogen-bond acceptors (Lipinski definition) is 5. The van der Waals surface area contributed by atoms with E-state index in [2.05, 4.69) is 20.2 Å². The topological polar surface area (TPSA) is 98.4 Å². The highest BCUT2D eigenvalue weighted by Crippen LogP contribution is 2.19. The third-order valence-electron chi connectivity index (χ3n) is 3.73. The van der Waals surface area contributed by atoms with Gasteiger partial charge in [0.25, 0.3) is 5.56 Å². The average molecular weight is 321 g/mol. The minimum Gasteiger partial charge on any atom is -0.342 e. The molecule has 126 valence electrons. The Kier molecular flexibility index (Phi) is 5.49. The number of aromatic nitrogens is 2. The fraction of sp³-hybridized carbons (Fsp3) is 0.600. The van der Waals surface area contributed by atoms with Crippen molar-refractivity contribution >= 4 is 17.6 Å². The average Bonchev–Trinajstić information content (AvgIpc) is 2.79. The first-order chi connectivity index (χ1) is 10.8. The summed E-state index contributed by atoms with van der Waals surface area (Å²) in [4.78, 5) is 46.0. The molecule has 2 amide bonds. The van der Waals surface area contributed by atoms with E-state index in [1.807, 2.05) is 14.1 Å². The van der Waals surface area contributed by atoms with Crippen LogP contribution in [-0.2, 0) is 9.59 Å². The van der Waals surface area contributed by atoms with Crippen molar-refractivity contribution in [3.05, 3.63) is 22.2 Å². The van der Waals surface area contributed by atoms with E-state index < -0.39 is 5.92 Å². The molecule has 2 rings (SSSR count). The number of amides is 2. The third-order valence-corrected chi connectivity index (χ3v) is 3.73. The van der Waals surface area contributed by atoms with Crippen molar-refractivity contribution in [1.82, 2.24) is 19.8 Å². The van der Waals surface area contributed by atoms with Gasteiger partial charge in [0, 0.05) is 25.6 Å². The summed E-state index contributed by atoms with van der Waals surface area (Å²) in [5.41, 5.74) is -0.319. The Morgan fingerprint density at radius 1 is 1.48 bits per heavy atom. The quantitative estimate of drug-likeness (QED) is 0.757. The Hall–Kier alpha value is -2.22. The number of H-pyrrole nitrogens is 1. The van der Waals surface area contributed by atoms with Gasteiger partial charge in [-0.05, 0) is 34.0 Å². The van der Waals surface area contributed by atoms with Crippen molar-refractivity contribution in [3.63, 3.8) is 0 Å². The minimum atomic E-state index is -0.400. The zero-order valence-corrected chi connectivity index (χ0v) is 13.8. The van der Waals surface area contributed by atoms with E-state index in [1.54, 1.807) is 11.8 Å². The molecule has 8 heteroatoms. The van der Waals surface area contributed by atoms with Crippen molar-refractivity contribution in [2.45, 2.75) is 19.8 Å². The first kappa shape index (κ1) is 17.1. The molecule has 1 atom stereocenters. The second-order valence-electron chi connectivity index (χ2n) is 6.10. The normalized spacial score (nSPS) is 17.8. The van der Waals surface area contributed by atoms with Gasteiger partial charge in [0.05, 0.1) is 5.92 Å². The van der Waals surface area contributed by atoms with Crippen molar-refractivity contribution < 1.29 is 9.59 Å². The number of aryl methyl sites for hydroxylation is 1. The van der Waals surface area contributed by atoms with Crippen LogP contribution < -0.4 is 10.9 Å². The van der Waals surface area contributed by atoms with Crippen LogP contribution in [0.3, 0.4) is 0 Å². The highest BCUT2D eigenvalue weighted by atomic mass is 16.2. The summed E-state index contributed by atoms with van der Waals surface area (Å²) in [6.07, 6.45) is 1.08. The second kappa shape index (κ2) is 7.36. The molecule has 8 nitrogen and oxygen atoms in total. The summed E-state index contributed by atoms with van der Waals surface area (Å²) >= 11 is 0. The van der Waals surface area contributed by atoms with Crippen LogP contribution in [0.4, 0.5) is 5.82 Å². The van der Waals surface area contributed by atoms with Crippen LogP contribution in [0.1, 0.15) is 18.7 Å². The molecule has 0 saturated carbocycles. The number of anilines is 1. The van der Waals surface area contributed by atoms with E-state index in [9.17, 15) is 14.4 Å². The first-order valence-electron chi connectivity index (χ1n) is 7.66. The SMILES string of the molecule is Cc1nc(NC(=O)C2CC(=O)N(CCCN(C)C)C2)cc(=O)[nH]1. The summed E-state index contributed by atoms with van der Waals surface area (Å²) < 4.78 is 0. The van der Waals surface area contributed by atoms with Gasteiger partial charge in [-0.3, -0.25) is 14.4 Å². The van der Waals surface area contributed by atoms with E-state index in [4.69, 9.17) is 0 Å². The lowest BCUT2D eigenvalue weighted by Gasteiger charge is -2.18. The van der Waals surface area contributed by atoms with Crippen molar-refractivity contribution in [2.75, 3.05) is 39.0 Å². The first-order valence-corrected chi connectivity index (χ1v) is 7.66. The van der Waals surface area contributed by atoms with Crippen molar-refractivity contribution in [1.29, 1.82) is 0 Å². The van der Waals surface area contributed by atoms with E-state index in [1.165, 1.54) is 6.07 Å². The molecule has 0 spiro atoms. The fourth-order valence-corrected chi connectivity index (χ4v) is 2.61. The molecule has 1 aromatic heterocycles. The van der Waals surface area contributed by atoms with Gasteiger partial charge in [-0.1, -0.05) is 0 Å². The molecule has 1 saturated heterocycles. The lowest BCUT2D eigenvalue weighted by atomic mass is 10.1. The van der Waals surface area contributed by atoms with Gasteiger partial charge in [-0.15, -0.1) is 0 Å². The summed E-state index contributed by atoms with van der Waals surface area (Å²) in [5.74, 6) is -0.0245. The number of carbonyl (C=O) groups excluding carboxylic acids is 2. The molecule has 23 heavy (non-hydrogen) atoms. The highest BCUT2D eigenvalue weighted by molar-refractivity contribution is 5.96. The van der Waals surface area contributed by atoms with Crippen LogP contribution in [0.5, 0.6) is 0 Å². The number of likely N-dealkylation sites (tertiary alicyclic amines) is 1. The minimum absolute atomic E-state index is 0.000968. The van der Waals surface area contributed by atoms with Gasteiger partial charge in [0.15, 0.2) is 0 Å². The van der Waals surface area contributed by atoms with E-state index in [0.29, 0.717) is 18.9 Å². The monoisotopic (exact) mass is 321 g/mol. The maximum atomic E-state index is 12.3. The molecule has 2 N–H and O–H groups in total. The standard InChI is InChI=1S/C15H23N5O3/c1-10-16-12(8-13(21)17-10)18-15(23)11-7-14(22)20(9-11)6-4-5-19(2)3/h8,11H,4-7,9H2,1-3H3,(H2,16,17,18,21,23). The predicted octanol–water partition coefficient (Wildman–Crippen LogP) is -0.183. The molecule has 1 unspecified atom stereocenters. The maximum absolute atomic E-state index is 12.3. The van der Waals surface area contributed by atoms with Gasteiger partial charge in [-0.2, -0.15) is 0 Å². The molecule has 0 aromatic carbocycles. The number of carbonyl (C=O) groups is 2. The molecule has 1 fully saturated rings. The summed E-state index contributed by atoms with van der Waals surface area (Å²) in [6, 6.07) is 1.23. The molecule has 0 aliphatic carbocycles. The largest absolute Gasteiger partial charge is 0.342 e. The van der Waals surface area contributed by atoms with E-state index in [0.717, 1.165) is 13.0 Å². The molecule has 2 heterocycles. The molecule has 0 radical (unpaired) electrons. The van der Waals surface area contributed by atoms with Crippen molar-refractivity contribution in [3.8, 4) is 0 Å². The zero-order valence-electron chi connectivity index (χ0n) is 13.8. The molecule has 1 aromatic rings. The lowest BCUT2D eigenvalue weighted by Crippen LogP contribution is -2.31. The Labute approximate surface area is 134 Å². The van der Waals surface area contributed by atoms with Crippen LogP contribution in [0, 0.1) is 12.8 Å². The lowest BCUT2D eigenvalue weighted by molar-refractivity contribution is -0.128. The summed E-state index contributed by atoms with van der Waals surface area (Å²) in [6.45, 7) is 3.61. The van der Waals surface area contributed by atoms with E-state index in [-0.39, 0.29) is 29.6 Å². The fourth-order valence-electron chi connectivity index (χ4n) is 2.61. The Bertz CT molecular complexity index is 640. The van der Waals surface area contributed by atoms with Gasteiger partial charge in [0.1, 0.15) is 11.6 Å². The zero-order chi connectivity index (χ0) is 17.0. The highest BCUT2D eigenvalue weighted by Gasteiger charge is 2.34. The molecular weight excluding hydrogens is 298 g/mol. The predicted molar refractivity (Wildman–Crippen MR) is 86.1 cm³/mol. The smallest absolute Gasteiger partial charge is 0.252 e. The van der Waals surface area contributed by atoms with Crippen molar-refractivity contribution in [2.24, 2.45) is 5.92 Å². The number of hydrogen-bond donors (Lipinski definition) is 2. The molecular formula is C15H23N5O3. The van der Waals surface area contributed by atoms with Crippen LogP contribution in [0.2, 0.25) is 0 Å². The van der Waals surface area contributed by atoms with Gasteiger partial charge >= 0.3 is 0 Å². The molecule has 0 bridgehead atoms. The second-order valence-corrected chi connectivity index (χ2v) is 6.10. The number of nitrogens with one attached hydrogen (secondary N) is 2. The van der Waals surface area contributed by atoms with Crippen LogP contribution >= 0.6 is 0 Å². The molecule has 1 aliphatic rings. The summed E-state index contributed by atoms with van der Waals surface area (Å²) in [7, 11) is 3.97. The van der Waals surface area contributed by atoms with Crippen LogP contribution in [0.15, 0.2) is 10.9 Å². The van der Waals surface area contributed by atoms with E-state index >= 15 is 0 Å². The Morgan fingerprint density at radius 2 is 2.22 bits per heavy atom. The third kappa shape index (κ3) is 4.88. The number of nitrogens with zero attached hydrogens (tertiary/aromatic N) is 3. The Balaban J connectivity index is 1.90. The van der Waals surface area contributed by atoms with Crippen LogP contribution in [-0.4, -0.2) is 65.3 Å².